The van der Waals surface area contributed by atoms with Gasteiger partial charge in [-0.2, -0.15) is 0 Å². The zero-order chi connectivity index (χ0) is 17.1. The van der Waals surface area contributed by atoms with Crippen LogP contribution in [-0.2, 0) is 11.3 Å². The average Bonchev–Trinajstić information content (AvgIpc) is 2.95. The lowest BCUT2D eigenvalue weighted by Gasteiger charge is -2.07. The third-order valence-electron chi connectivity index (χ3n) is 3.63. The van der Waals surface area contributed by atoms with Gasteiger partial charge in [0.1, 0.15) is 5.65 Å². The number of thioether (sulfide) groups is 1. The summed E-state index contributed by atoms with van der Waals surface area (Å²) >= 11 is 5.00. The Morgan fingerprint density at radius 1 is 1.25 bits per heavy atom. The summed E-state index contributed by atoms with van der Waals surface area (Å²) in [6.45, 7) is 4.56. The molecule has 1 N–H and O–H groups in total. The van der Waals surface area contributed by atoms with Crippen LogP contribution in [0.25, 0.3) is 5.65 Å². The maximum absolute atomic E-state index is 12.1. The van der Waals surface area contributed by atoms with E-state index in [2.05, 4.69) is 58.3 Å². The van der Waals surface area contributed by atoms with Crippen molar-refractivity contribution in [1.82, 2.24) is 14.7 Å². The summed E-state index contributed by atoms with van der Waals surface area (Å²) in [5.74, 6) is 0.419. The molecule has 0 atom stereocenters. The topological polar surface area (TPSA) is 46.4 Å². The number of nitrogens with one attached hydrogen (secondary N) is 1. The standard InChI is InChI=1S/C18H18BrN3OS/c1-12-3-4-13(2)16(7-12)24-11-18(23)20-8-15-10-22-9-14(19)5-6-17(22)21-15/h3-7,9-10H,8,11H2,1-2H3,(H,20,23). The second-order valence-electron chi connectivity index (χ2n) is 5.68. The van der Waals surface area contributed by atoms with E-state index in [-0.39, 0.29) is 5.91 Å². The van der Waals surface area contributed by atoms with Gasteiger partial charge in [-0.3, -0.25) is 4.79 Å². The first kappa shape index (κ1) is 17.0. The monoisotopic (exact) mass is 403 g/mol. The van der Waals surface area contributed by atoms with Crippen molar-refractivity contribution in [1.29, 1.82) is 0 Å². The molecule has 0 aliphatic heterocycles. The summed E-state index contributed by atoms with van der Waals surface area (Å²) in [5, 5.41) is 2.93. The van der Waals surface area contributed by atoms with Crippen LogP contribution in [0.15, 0.2) is 52.1 Å². The Morgan fingerprint density at radius 2 is 2.08 bits per heavy atom. The molecule has 0 fully saturated rings. The van der Waals surface area contributed by atoms with Gasteiger partial charge in [0, 0.05) is 21.8 Å². The molecule has 6 heteroatoms. The first-order chi connectivity index (χ1) is 11.5. The number of hydrogen-bond donors (Lipinski definition) is 1. The number of aryl methyl sites for hydroxylation is 2. The number of fused-ring (bicyclic) bond motifs is 1. The van der Waals surface area contributed by atoms with Crippen LogP contribution >= 0.6 is 27.7 Å². The van der Waals surface area contributed by atoms with Gasteiger partial charge in [-0.1, -0.05) is 17.7 Å². The fourth-order valence-corrected chi connectivity index (χ4v) is 3.66. The van der Waals surface area contributed by atoms with Gasteiger partial charge in [0.05, 0.1) is 18.0 Å². The number of rotatable bonds is 5. The fourth-order valence-electron chi connectivity index (χ4n) is 2.35. The molecule has 0 unspecified atom stereocenters. The minimum absolute atomic E-state index is 0.0131. The van der Waals surface area contributed by atoms with Crippen LogP contribution in [0, 0.1) is 13.8 Å². The molecule has 1 amide bonds. The molecule has 3 aromatic rings. The number of pyridine rings is 1. The number of carbonyl (C=O) groups is 1. The minimum Gasteiger partial charge on any atom is -0.350 e. The normalized spacial score (nSPS) is 11.0. The molecular formula is C18H18BrN3OS. The first-order valence-electron chi connectivity index (χ1n) is 7.61. The molecule has 124 valence electrons. The highest BCUT2D eigenvalue weighted by Gasteiger charge is 2.07. The molecule has 0 saturated heterocycles. The van der Waals surface area contributed by atoms with Gasteiger partial charge in [0.2, 0.25) is 5.91 Å². The van der Waals surface area contributed by atoms with Gasteiger partial charge in [0.15, 0.2) is 0 Å². The number of nitrogens with zero attached hydrogens (tertiary/aromatic N) is 2. The number of aromatic nitrogens is 2. The summed E-state index contributed by atoms with van der Waals surface area (Å²) in [6.07, 6.45) is 3.88. The number of halogens is 1. The summed E-state index contributed by atoms with van der Waals surface area (Å²) in [6, 6.07) is 10.2. The minimum atomic E-state index is 0.0131. The molecule has 2 aromatic heterocycles. The van der Waals surface area contributed by atoms with E-state index >= 15 is 0 Å². The lowest BCUT2D eigenvalue weighted by atomic mass is 10.2. The van der Waals surface area contributed by atoms with E-state index in [9.17, 15) is 4.79 Å². The predicted octanol–water partition coefficient (Wildman–Crippen LogP) is 4.12. The molecular weight excluding hydrogens is 386 g/mol. The summed E-state index contributed by atoms with van der Waals surface area (Å²) in [7, 11) is 0. The van der Waals surface area contributed by atoms with Crippen LogP contribution in [0.3, 0.4) is 0 Å². The average molecular weight is 404 g/mol. The number of amides is 1. The third-order valence-corrected chi connectivity index (χ3v) is 5.26. The molecule has 0 saturated carbocycles. The number of hydrogen-bond acceptors (Lipinski definition) is 3. The third kappa shape index (κ3) is 4.19. The number of benzene rings is 1. The molecule has 2 heterocycles. The van der Waals surface area contributed by atoms with E-state index in [1.807, 2.05) is 28.9 Å². The maximum atomic E-state index is 12.1. The van der Waals surface area contributed by atoms with Crippen LogP contribution in [0.5, 0.6) is 0 Å². The first-order valence-corrected chi connectivity index (χ1v) is 9.39. The Balaban J connectivity index is 1.55. The van der Waals surface area contributed by atoms with Crippen LogP contribution in [0.1, 0.15) is 16.8 Å². The molecule has 3 rings (SSSR count). The van der Waals surface area contributed by atoms with E-state index in [0.29, 0.717) is 12.3 Å². The highest BCUT2D eigenvalue weighted by atomic mass is 79.9. The van der Waals surface area contributed by atoms with Gasteiger partial charge in [-0.15, -0.1) is 11.8 Å². The summed E-state index contributed by atoms with van der Waals surface area (Å²) in [4.78, 5) is 17.7. The predicted molar refractivity (Wildman–Crippen MR) is 101 cm³/mol. The summed E-state index contributed by atoms with van der Waals surface area (Å²) < 4.78 is 2.93. The fraction of sp³-hybridized carbons (Fsp3) is 0.222. The number of carbonyl (C=O) groups excluding carboxylic acids is 1. The van der Waals surface area contributed by atoms with E-state index in [0.717, 1.165) is 20.7 Å². The molecule has 0 aliphatic carbocycles. The smallest absolute Gasteiger partial charge is 0.230 e. The second-order valence-corrected chi connectivity index (χ2v) is 7.61. The Morgan fingerprint density at radius 3 is 2.92 bits per heavy atom. The Hall–Kier alpha value is -1.79. The Kier molecular flexibility index (Phi) is 5.26. The van der Waals surface area contributed by atoms with E-state index < -0.39 is 0 Å². The van der Waals surface area contributed by atoms with Crippen LogP contribution in [0.2, 0.25) is 0 Å². The van der Waals surface area contributed by atoms with Gasteiger partial charge in [0.25, 0.3) is 0 Å². The van der Waals surface area contributed by atoms with Crippen LogP contribution in [-0.4, -0.2) is 21.0 Å². The van der Waals surface area contributed by atoms with Crippen molar-refractivity contribution in [2.45, 2.75) is 25.3 Å². The molecule has 0 aliphatic rings. The summed E-state index contributed by atoms with van der Waals surface area (Å²) in [5.41, 5.74) is 4.12. The highest BCUT2D eigenvalue weighted by molar-refractivity contribution is 9.10. The molecule has 1 aromatic carbocycles. The lowest BCUT2D eigenvalue weighted by Crippen LogP contribution is -2.24. The van der Waals surface area contributed by atoms with Crippen molar-refractivity contribution in [2.24, 2.45) is 0 Å². The molecule has 24 heavy (non-hydrogen) atoms. The van der Waals surface area contributed by atoms with E-state index in [1.165, 1.54) is 11.1 Å². The molecule has 0 bridgehead atoms. The highest BCUT2D eigenvalue weighted by Crippen LogP contribution is 2.23. The van der Waals surface area contributed by atoms with Crippen molar-refractivity contribution in [2.75, 3.05) is 5.75 Å². The SMILES string of the molecule is Cc1ccc(C)c(SCC(=O)NCc2cn3cc(Br)ccc3n2)c1. The largest absolute Gasteiger partial charge is 0.350 e. The Bertz CT molecular complexity index is 891. The number of imidazole rings is 1. The van der Waals surface area contributed by atoms with Crippen LogP contribution < -0.4 is 5.32 Å². The van der Waals surface area contributed by atoms with Crippen LogP contribution in [0.4, 0.5) is 0 Å². The Labute approximate surface area is 153 Å². The van der Waals surface area contributed by atoms with Gasteiger partial charge < -0.3 is 9.72 Å². The van der Waals surface area contributed by atoms with Crippen molar-refractivity contribution in [3.63, 3.8) is 0 Å². The maximum Gasteiger partial charge on any atom is 0.230 e. The quantitative estimate of drug-likeness (QED) is 0.651. The molecule has 0 spiro atoms. The van der Waals surface area contributed by atoms with Crippen molar-refractivity contribution in [3.8, 4) is 0 Å². The lowest BCUT2D eigenvalue weighted by molar-refractivity contribution is -0.118. The van der Waals surface area contributed by atoms with Crippen molar-refractivity contribution < 1.29 is 4.79 Å². The van der Waals surface area contributed by atoms with Crippen molar-refractivity contribution in [3.05, 3.63) is 64.0 Å². The van der Waals surface area contributed by atoms with E-state index in [1.54, 1.807) is 11.8 Å². The zero-order valence-electron chi connectivity index (χ0n) is 13.5. The molecule has 0 radical (unpaired) electrons. The second kappa shape index (κ2) is 7.40. The van der Waals surface area contributed by atoms with E-state index in [4.69, 9.17) is 0 Å². The van der Waals surface area contributed by atoms with Crippen molar-refractivity contribution >= 4 is 39.2 Å². The van der Waals surface area contributed by atoms with Gasteiger partial charge in [-0.05, 0) is 53.5 Å². The zero-order valence-corrected chi connectivity index (χ0v) is 15.9. The van der Waals surface area contributed by atoms with Gasteiger partial charge >= 0.3 is 0 Å². The molecule has 4 nitrogen and oxygen atoms in total. The van der Waals surface area contributed by atoms with Gasteiger partial charge in [-0.25, -0.2) is 4.98 Å².